The molecule has 0 spiro atoms. The number of hydrogen-bond acceptors (Lipinski definition) is 3. The molecule has 1 saturated carbocycles. The molecular formula is C22H25FN6. The van der Waals surface area contributed by atoms with Gasteiger partial charge in [-0.05, 0) is 49.1 Å². The minimum atomic E-state index is -0.180. The molecule has 6 nitrogen and oxygen atoms in total. The maximum absolute atomic E-state index is 13.6. The fraction of sp³-hybridized carbons (Fsp3) is 0.318. The van der Waals surface area contributed by atoms with E-state index >= 15 is 0 Å². The molecular weight excluding hydrogens is 367 g/mol. The van der Waals surface area contributed by atoms with Crippen molar-refractivity contribution in [1.29, 1.82) is 0 Å². The van der Waals surface area contributed by atoms with Gasteiger partial charge in [0.25, 0.3) is 0 Å². The fourth-order valence-electron chi connectivity index (χ4n) is 3.46. The molecule has 1 aliphatic rings. The van der Waals surface area contributed by atoms with Crippen molar-refractivity contribution in [2.45, 2.75) is 31.7 Å². The minimum absolute atomic E-state index is 0.00446. The third kappa shape index (κ3) is 4.62. The van der Waals surface area contributed by atoms with Crippen molar-refractivity contribution in [3.8, 4) is 11.4 Å². The lowest BCUT2D eigenvalue weighted by Gasteiger charge is -2.19. The monoisotopic (exact) mass is 392 g/mol. The third-order valence-electron chi connectivity index (χ3n) is 5.26. The standard InChI is InChI=1S/C22H25FN6/c1-2-24-21(26-14-22(9-10-22)18-7-4-8-19(23)12-18)25-13-16-5-3-6-17(11-16)20-27-15-28-29-20/h3-8,11-12,15H,2,9-10,13-14H2,1H3,(H2,24,25,26)(H,27,28,29). The Kier molecular flexibility index (Phi) is 5.55. The smallest absolute Gasteiger partial charge is 0.191 e. The summed E-state index contributed by atoms with van der Waals surface area (Å²) >= 11 is 0. The second-order valence-electron chi connectivity index (χ2n) is 7.37. The molecule has 150 valence electrons. The van der Waals surface area contributed by atoms with Crippen LogP contribution in [0.15, 0.2) is 59.9 Å². The number of H-pyrrole nitrogens is 1. The Morgan fingerprint density at radius 3 is 2.76 bits per heavy atom. The molecule has 0 atom stereocenters. The number of rotatable bonds is 7. The van der Waals surface area contributed by atoms with E-state index < -0.39 is 0 Å². The number of aliphatic imine (C=N–C) groups is 1. The lowest BCUT2D eigenvalue weighted by atomic mass is 9.96. The molecule has 1 heterocycles. The molecule has 0 unspecified atom stereocenters. The average Bonchev–Trinajstić information content (AvgIpc) is 3.33. The van der Waals surface area contributed by atoms with Gasteiger partial charge in [0.1, 0.15) is 12.1 Å². The van der Waals surface area contributed by atoms with Crippen LogP contribution in [0, 0.1) is 5.82 Å². The molecule has 1 aliphatic carbocycles. The molecule has 0 saturated heterocycles. The number of hydrogen-bond donors (Lipinski definition) is 3. The first-order valence-corrected chi connectivity index (χ1v) is 9.91. The van der Waals surface area contributed by atoms with Gasteiger partial charge in [0.2, 0.25) is 0 Å². The van der Waals surface area contributed by atoms with Crippen molar-refractivity contribution >= 4 is 5.96 Å². The van der Waals surface area contributed by atoms with Crippen LogP contribution >= 0.6 is 0 Å². The summed E-state index contributed by atoms with van der Waals surface area (Å²) in [6.45, 7) is 4.10. The molecule has 3 aromatic rings. The second kappa shape index (κ2) is 8.43. The topological polar surface area (TPSA) is 78.0 Å². The Morgan fingerprint density at radius 1 is 1.17 bits per heavy atom. The molecule has 29 heavy (non-hydrogen) atoms. The molecule has 2 aromatic carbocycles. The zero-order valence-corrected chi connectivity index (χ0v) is 16.5. The summed E-state index contributed by atoms with van der Waals surface area (Å²) in [7, 11) is 0. The van der Waals surface area contributed by atoms with Crippen molar-refractivity contribution in [3.63, 3.8) is 0 Å². The van der Waals surface area contributed by atoms with Crippen LogP contribution in [0.5, 0.6) is 0 Å². The summed E-state index contributed by atoms with van der Waals surface area (Å²) in [5, 5.41) is 13.5. The first-order chi connectivity index (χ1) is 14.2. The van der Waals surface area contributed by atoms with Crippen LogP contribution < -0.4 is 10.6 Å². The van der Waals surface area contributed by atoms with Gasteiger partial charge in [-0.25, -0.2) is 14.4 Å². The number of guanidine groups is 1. The molecule has 0 radical (unpaired) electrons. The summed E-state index contributed by atoms with van der Waals surface area (Å²) in [6.07, 6.45) is 3.61. The number of nitrogens with zero attached hydrogens (tertiary/aromatic N) is 3. The van der Waals surface area contributed by atoms with E-state index in [1.807, 2.05) is 31.2 Å². The van der Waals surface area contributed by atoms with E-state index in [-0.39, 0.29) is 11.2 Å². The highest BCUT2D eigenvalue weighted by Crippen LogP contribution is 2.47. The molecule has 1 aromatic heterocycles. The van der Waals surface area contributed by atoms with E-state index in [1.54, 1.807) is 12.1 Å². The molecule has 7 heteroatoms. The molecule has 3 N–H and O–H groups in total. The summed E-state index contributed by atoms with van der Waals surface area (Å²) in [5.41, 5.74) is 3.13. The van der Waals surface area contributed by atoms with Crippen LogP contribution in [0.2, 0.25) is 0 Å². The van der Waals surface area contributed by atoms with Crippen molar-refractivity contribution in [3.05, 3.63) is 71.8 Å². The van der Waals surface area contributed by atoms with Crippen LogP contribution in [0.4, 0.5) is 4.39 Å². The zero-order chi connectivity index (χ0) is 20.1. The van der Waals surface area contributed by atoms with Gasteiger partial charge >= 0.3 is 0 Å². The van der Waals surface area contributed by atoms with Gasteiger partial charge in [0.15, 0.2) is 11.8 Å². The Bertz CT molecular complexity index is 978. The van der Waals surface area contributed by atoms with Gasteiger partial charge in [0, 0.05) is 24.1 Å². The quantitative estimate of drug-likeness (QED) is 0.425. The van der Waals surface area contributed by atoms with Crippen molar-refractivity contribution < 1.29 is 4.39 Å². The zero-order valence-electron chi connectivity index (χ0n) is 16.5. The number of aromatic nitrogens is 3. The van der Waals surface area contributed by atoms with Crippen molar-refractivity contribution in [1.82, 2.24) is 25.8 Å². The summed E-state index contributed by atoms with van der Waals surface area (Å²) in [6, 6.07) is 15.0. The summed E-state index contributed by atoms with van der Waals surface area (Å²) < 4.78 is 13.6. The maximum atomic E-state index is 13.6. The van der Waals surface area contributed by atoms with Gasteiger partial charge < -0.3 is 10.6 Å². The van der Waals surface area contributed by atoms with Crippen molar-refractivity contribution in [2.75, 3.05) is 13.1 Å². The number of halogens is 1. The summed E-state index contributed by atoms with van der Waals surface area (Å²) in [5.74, 6) is 1.33. The predicted octanol–water partition coefficient (Wildman–Crippen LogP) is 3.40. The normalized spacial score (nSPS) is 15.2. The lowest BCUT2D eigenvalue weighted by molar-refractivity contribution is 0.607. The van der Waals surface area contributed by atoms with Crippen molar-refractivity contribution in [2.24, 2.45) is 4.99 Å². The van der Waals surface area contributed by atoms with Gasteiger partial charge in [0.05, 0.1) is 6.54 Å². The Morgan fingerprint density at radius 2 is 2.03 bits per heavy atom. The molecule has 1 fully saturated rings. The minimum Gasteiger partial charge on any atom is -0.357 e. The number of aromatic amines is 1. The first kappa shape index (κ1) is 19.1. The molecule has 4 rings (SSSR count). The summed E-state index contributed by atoms with van der Waals surface area (Å²) in [4.78, 5) is 8.92. The maximum Gasteiger partial charge on any atom is 0.191 e. The van der Waals surface area contributed by atoms with Gasteiger partial charge in [-0.2, -0.15) is 5.10 Å². The Labute approximate surface area is 169 Å². The van der Waals surface area contributed by atoms with Crippen LogP contribution in [-0.4, -0.2) is 34.2 Å². The number of nitrogens with one attached hydrogen (secondary N) is 3. The van der Waals surface area contributed by atoms with Crippen LogP contribution in [0.25, 0.3) is 11.4 Å². The van der Waals surface area contributed by atoms with E-state index in [2.05, 4.69) is 31.9 Å². The van der Waals surface area contributed by atoms with E-state index in [4.69, 9.17) is 4.99 Å². The largest absolute Gasteiger partial charge is 0.357 e. The van der Waals surface area contributed by atoms with Crippen LogP contribution in [0.1, 0.15) is 30.9 Å². The molecule has 0 bridgehead atoms. The SMILES string of the molecule is CCNC(=NCc1cccc(-c2ncn[nH]2)c1)NCC1(c2cccc(F)c2)CC1. The Hall–Kier alpha value is -3.22. The molecule has 0 amide bonds. The highest BCUT2D eigenvalue weighted by atomic mass is 19.1. The van der Waals surface area contributed by atoms with E-state index in [0.29, 0.717) is 6.54 Å². The van der Waals surface area contributed by atoms with Gasteiger partial charge in [-0.1, -0.05) is 30.3 Å². The predicted molar refractivity (Wildman–Crippen MR) is 112 cm³/mol. The first-order valence-electron chi connectivity index (χ1n) is 9.91. The van der Waals surface area contributed by atoms with E-state index in [1.165, 1.54) is 12.4 Å². The van der Waals surface area contributed by atoms with Crippen LogP contribution in [-0.2, 0) is 12.0 Å². The van der Waals surface area contributed by atoms with E-state index in [9.17, 15) is 4.39 Å². The van der Waals surface area contributed by atoms with E-state index in [0.717, 1.165) is 54.4 Å². The number of benzene rings is 2. The van der Waals surface area contributed by atoms with Gasteiger partial charge in [-0.15, -0.1) is 0 Å². The highest BCUT2D eigenvalue weighted by molar-refractivity contribution is 5.80. The van der Waals surface area contributed by atoms with Crippen LogP contribution in [0.3, 0.4) is 0 Å². The highest BCUT2D eigenvalue weighted by Gasteiger charge is 2.44. The van der Waals surface area contributed by atoms with Gasteiger partial charge in [-0.3, -0.25) is 5.10 Å². The third-order valence-corrected chi connectivity index (χ3v) is 5.26. The average molecular weight is 392 g/mol. The molecule has 0 aliphatic heterocycles. The fourth-order valence-corrected chi connectivity index (χ4v) is 3.46. The Balaban J connectivity index is 1.43. The lowest BCUT2D eigenvalue weighted by Crippen LogP contribution is -2.41. The second-order valence-corrected chi connectivity index (χ2v) is 7.37.